The summed E-state index contributed by atoms with van der Waals surface area (Å²) in [5.74, 6) is -0.492. The van der Waals surface area contributed by atoms with Gasteiger partial charge in [0.05, 0.1) is 11.9 Å². The van der Waals surface area contributed by atoms with E-state index in [1.165, 1.54) is 18.2 Å². The Bertz CT molecular complexity index is 601. The van der Waals surface area contributed by atoms with Gasteiger partial charge in [-0.15, -0.1) is 0 Å². The van der Waals surface area contributed by atoms with Crippen molar-refractivity contribution in [2.45, 2.75) is 61.6 Å². The number of rotatable bonds is 3. The monoisotopic (exact) mass is 364 g/mol. The topological polar surface area (TPSA) is 54.0 Å². The Morgan fingerprint density at radius 3 is 2.64 bits per heavy atom. The molecular formula is C19H24O5S. The van der Waals surface area contributed by atoms with Crippen molar-refractivity contribution < 1.29 is 23.7 Å². The van der Waals surface area contributed by atoms with Gasteiger partial charge in [0, 0.05) is 25.5 Å². The van der Waals surface area contributed by atoms with E-state index in [4.69, 9.17) is 18.9 Å². The Morgan fingerprint density at radius 2 is 1.92 bits per heavy atom. The van der Waals surface area contributed by atoms with Crippen molar-refractivity contribution in [2.24, 2.45) is 0 Å². The SMILES string of the molecule is CO[C@@H]1OC[C@H]2OC3(CCCCC3)O[C@@H]2[C@@H]1SC(=O)c1ccccc1. The van der Waals surface area contributed by atoms with E-state index in [2.05, 4.69) is 0 Å². The molecule has 0 amide bonds. The Hall–Kier alpha value is -0.920. The zero-order chi connectivity index (χ0) is 17.3. The van der Waals surface area contributed by atoms with Gasteiger partial charge in [-0.1, -0.05) is 48.5 Å². The molecule has 4 atom stereocenters. The fourth-order valence-corrected chi connectivity index (χ4v) is 5.14. The maximum atomic E-state index is 12.7. The molecule has 6 heteroatoms. The van der Waals surface area contributed by atoms with Crippen molar-refractivity contribution in [3.63, 3.8) is 0 Å². The predicted octanol–water partition coefficient (Wildman–Crippen LogP) is 3.38. The Labute approximate surface area is 152 Å². The Balaban J connectivity index is 1.52. The largest absolute Gasteiger partial charge is 0.355 e. The normalized spacial score (nSPS) is 34.0. The molecule has 0 unspecified atom stereocenters. The average molecular weight is 364 g/mol. The highest BCUT2D eigenvalue weighted by molar-refractivity contribution is 8.14. The highest BCUT2D eigenvalue weighted by Gasteiger charge is 2.55. The molecule has 2 saturated heterocycles. The Kier molecular flexibility index (Phi) is 5.15. The van der Waals surface area contributed by atoms with Crippen molar-refractivity contribution in [2.75, 3.05) is 13.7 Å². The minimum atomic E-state index is -0.492. The molecule has 5 nitrogen and oxygen atoms in total. The van der Waals surface area contributed by atoms with Gasteiger partial charge in [0.1, 0.15) is 12.2 Å². The van der Waals surface area contributed by atoms with E-state index in [1.54, 1.807) is 7.11 Å². The summed E-state index contributed by atoms with van der Waals surface area (Å²) in [6.45, 7) is 0.446. The number of hydrogen-bond donors (Lipinski definition) is 0. The van der Waals surface area contributed by atoms with E-state index < -0.39 is 12.1 Å². The van der Waals surface area contributed by atoms with Crippen molar-refractivity contribution in [3.8, 4) is 0 Å². The number of thioether (sulfide) groups is 1. The molecule has 1 aromatic rings. The van der Waals surface area contributed by atoms with Crippen LogP contribution in [0, 0.1) is 0 Å². The van der Waals surface area contributed by atoms with Crippen LogP contribution in [-0.2, 0) is 18.9 Å². The molecule has 0 aromatic heterocycles. The smallest absolute Gasteiger partial charge is 0.219 e. The minimum Gasteiger partial charge on any atom is -0.355 e. The van der Waals surface area contributed by atoms with Crippen LogP contribution in [0.3, 0.4) is 0 Å². The van der Waals surface area contributed by atoms with Gasteiger partial charge < -0.3 is 18.9 Å². The fraction of sp³-hybridized carbons (Fsp3) is 0.632. The molecule has 136 valence electrons. The molecule has 3 aliphatic rings. The van der Waals surface area contributed by atoms with Crippen LogP contribution >= 0.6 is 11.8 Å². The fourth-order valence-electron chi connectivity index (χ4n) is 3.96. The molecule has 1 aliphatic carbocycles. The quantitative estimate of drug-likeness (QED) is 0.820. The van der Waals surface area contributed by atoms with Gasteiger partial charge in [-0.3, -0.25) is 4.79 Å². The van der Waals surface area contributed by atoms with Crippen LogP contribution in [0.15, 0.2) is 30.3 Å². The van der Waals surface area contributed by atoms with Gasteiger partial charge in [0.2, 0.25) is 5.12 Å². The number of hydrogen-bond acceptors (Lipinski definition) is 6. The maximum absolute atomic E-state index is 12.7. The lowest BCUT2D eigenvalue weighted by molar-refractivity contribution is -0.194. The van der Waals surface area contributed by atoms with Crippen LogP contribution in [0.4, 0.5) is 0 Å². The van der Waals surface area contributed by atoms with Crippen molar-refractivity contribution in [1.82, 2.24) is 0 Å². The number of methoxy groups -OCH3 is 1. The van der Waals surface area contributed by atoms with Gasteiger partial charge in [-0.2, -0.15) is 0 Å². The van der Waals surface area contributed by atoms with E-state index in [0.717, 1.165) is 25.7 Å². The molecule has 3 fully saturated rings. The van der Waals surface area contributed by atoms with Crippen LogP contribution in [0.25, 0.3) is 0 Å². The zero-order valence-electron chi connectivity index (χ0n) is 14.4. The van der Waals surface area contributed by atoms with Gasteiger partial charge in [0.25, 0.3) is 0 Å². The standard InChI is InChI=1S/C19H24O5S/c1-21-18-16(25-17(20)13-8-4-2-5-9-13)15-14(12-22-18)23-19(24-15)10-6-3-7-11-19/h2,4-5,8-9,14-16,18H,3,6-7,10-12H2,1H3/t14-,15+,16+,18-/m1/s1. The molecule has 0 N–H and O–H groups in total. The number of carbonyl (C=O) groups excluding carboxylic acids is 1. The van der Waals surface area contributed by atoms with Crippen LogP contribution in [0.2, 0.25) is 0 Å². The second-order valence-electron chi connectivity index (χ2n) is 6.88. The summed E-state index contributed by atoms with van der Waals surface area (Å²) in [6, 6.07) is 9.29. The first kappa shape index (κ1) is 17.5. The van der Waals surface area contributed by atoms with Crippen molar-refractivity contribution in [1.29, 1.82) is 0 Å². The number of fused-ring (bicyclic) bond motifs is 1. The number of benzene rings is 1. The molecule has 4 rings (SSSR count). The van der Waals surface area contributed by atoms with Gasteiger partial charge in [-0.25, -0.2) is 0 Å². The van der Waals surface area contributed by atoms with E-state index in [1.807, 2.05) is 30.3 Å². The third kappa shape index (κ3) is 3.51. The molecule has 0 radical (unpaired) electrons. The highest BCUT2D eigenvalue weighted by Crippen LogP contribution is 2.46. The van der Waals surface area contributed by atoms with Crippen LogP contribution < -0.4 is 0 Å². The van der Waals surface area contributed by atoms with E-state index in [0.29, 0.717) is 12.2 Å². The lowest BCUT2D eigenvalue weighted by Gasteiger charge is -2.36. The minimum absolute atomic E-state index is 0.00472. The number of ether oxygens (including phenoxy) is 4. The second-order valence-corrected chi connectivity index (χ2v) is 8.03. The lowest BCUT2D eigenvalue weighted by Crippen LogP contribution is -2.51. The van der Waals surface area contributed by atoms with Crippen LogP contribution in [0.5, 0.6) is 0 Å². The summed E-state index contributed by atoms with van der Waals surface area (Å²) < 4.78 is 24.0. The second kappa shape index (κ2) is 7.37. The predicted molar refractivity (Wildman–Crippen MR) is 94.5 cm³/mol. The van der Waals surface area contributed by atoms with Crippen LogP contribution in [0.1, 0.15) is 42.5 Å². The van der Waals surface area contributed by atoms with Crippen LogP contribution in [-0.4, -0.2) is 48.4 Å². The van der Waals surface area contributed by atoms with Gasteiger partial charge in [0.15, 0.2) is 12.1 Å². The molecule has 1 spiro atoms. The maximum Gasteiger partial charge on any atom is 0.219 e. The van der Waals surface area contributed by atoms with E-state index in [-0.39, 0.29) is 22.6 Å². The molecule has 2 heterocycles. The first-order valence-electron chi connectivity index (χ1n) is 8.97. The summed E-state index contributed by atoms with van der Waals surface area (Å²) >= 11 is 1.24. The summed E-state index contributed by atoms with van der Waals surface area (Å²) in [4.78, 5) is 12.7. The van der Waals surface area contributed by atoms with Gasteiger partial charge in [-0.05, 0) is 12.8 Å². The number of carbonyl (C=O) groups is 1. The molecule has 25 heavy (non-hydrogen) atoms. The first-order chi connectivity index (χ1) is 12.2. The van der Waals surface area contributed by atoms with E-state index in [9.17, 15) is 4.79 Å². The summed E-state index contributed by atoms with van der Waals surface area (Å²) in [7, 11) is 1.61. The molecule has 1 aromatic carbocycles. The summed E-state index contributed by atoms with van der Waals surface area (Å²) in [5.41, 5.74) is 0.677. The molecule has 0 bridgehead atoms. The van der Waals surface area contributed by atoms with E-state index >= 15 is 0 Å². The zero-order valence-corrected chi connectivity index (χ0v) is 15.2. The first-order valence-corrected chi connectivity index (χ1v) is 9.85. The molecule has 1 saturated carbocycles. The third-order valence-electron chi connectivity index (χ3n) is 5.20. The lowest BCUT2D eigenvalue weighted by atomic mass is 9.94. The average Bonchev–Trinajstić information content (AvgIpc) is 3.01. The van der Waals surface area contributed by atoms with Gasteiger partial charge >= 0.3 is 0 Å². The molecule has 2 aliphatic heterocycles. The summed E-state index contributed by atoms with van der Waals surface area (Å²) in [6.07, 6.45) is 4.51. The highest BCUT2D eigenvalue weighted by atomic mass is 32.2. The summed E-state index contributed by atoms with van der Waals surface area (Å²) in [5, 5.41) is -0.233. The Morgan fingerprint density at radius 1 is 1.16 bits per heavy atom. The van der Waals surface area contributed by atoms with Crippen molar-refractivity contribution in [3.05, 3.63) is 35.9 Å². The molecular weight excluding hydrogens is 340 g/mol. The third-order valence-corrected chi connectivity index (χ3v) is 6.41. The van der Waals surface area contributed by atoms with Crippen molar-refractivity contribution >= 4 is 16.9 Å².